The Balaban J connectivity index is 1.49. The fourth-order valence-corrected chi connectivity index (χ4v) is 4.02. The lowest BCUT2D eigenvalue weighted by atomic mass is 9.98. The molecule has 0 aromatic heterocycles. The molecule has 1 aliphatic carbocycles. The largest absolute Gasteiger partial charge is 0.480 e. The lowest BCUT2D eigenvalue weighted by Gasteiger charge is -2.21. The van der Waals surface area contributed by atoms with Crippen LogP contribution < -0.4 is 10.6 Å². The molecule has 0 aliphatic heterocycles. The van der Waals surface area contributed by atoms with Gasteiger partial charge in [0, 0.05) is 12.5 Å². The minimum atomic E-state index is -1.25. The molecule has 0 saturated carbocycles. The quantitative estimate of drug-likeness (QED) is 0.427. The molecule has 0 saturated heterocycles. The molecule has 9 nitrogen and oxygen atoms in total. The van der Waals surface area contributed by atoms with E-state index in [4.69, 9.17) is 9.47 Å². The summed E-state index contributed by atoms with van der Waals surface area (Å²) >= 11 is 0. The van der Waals surface area contributed by atoms with E-state index in [0.717, 1.165) is 22.3 Å². The van der Waals surface area contributed by atoms with E-state index in [1.807, 2.05) is 48.5 Å². The van der Waals surface area contributed by atoms with Crippen molar-refractivity contribution < 1.29 is 34.1 Å². The zero-order valence-electron chi connectivity index (χ0n) is 20.1. The maximum atomic E-state index is 12.4. The van der Waals surface area contributed by atoms with Crippen LogP contribution in [0.15, 0.2) is 48.5 Å². The minimum absolute atomic E-state index is 0.0381. The highest BCUT2D eigenvalue weighted by atomic mass is 16.6. The molecule has 188 valence electrons. The second-order valence-electron chi connectivity index (χ2n) is 9.47. The highest BCUT2D eigenvalue weighted by Crippen LogP contribution is 2.44. The molecular weight excluding hydrogens is 452 g/mol. The van der Waals surface area contributed by atoms with Crippen molar-refractivity contribution in [1.29, 1.82) is 0 Å². The summed E-state index contributed by atoms with van der Waals surface area (Å²) in [5, 5.41) is 24.4. The Kier molecular flexibility index (Phi) is 8.34. The van der Waals surface area contributed by atoms with Crippen LogP contribution in [-0.2, 0) is 14.3 Å². The molecule has 2 amide bonds. The average Bonchev–Trinajstić information content (AvgIpc) is 3.11. The first-order valence-corrected chi connectivity index (χ1v) is 11.5. The molecular formula is C26H32N2O7. The number of fused-ring (bicyclic) bond motifs is 3. The van der Waals surface area contributed by atoms with E-state index in [-0.39, 0.29) is 31.9 Å². The van der Waals surface area contributed by atoms with Gasteiger partial charge in [-0.15, -0.1) is 0 Å². The zero-order chi connectivity index (χ0) is 25.6. The van der Waals surface area contributed by atoms with Gasteiger partial charge < -0.3 is 30.3 Å². The Labute approximate surface area is 204 Å². The molecule has 9 heteroatoms. The number of hydrogen-bond donors (Lipinski definition) is 4. The second-order valence-corrected chi connectivity index (χ2v) is 9.47. The summed E-state index contributed by atoms with van der Waals surface area (Å²) in [6.07, 6.45) is -2.54. The number of carbonyl (C=O) groups excluding carboxylic acids is 2. The summed E-state index contributed by atoms with van der Waals surface area (Å²) in [4.78, 5) is 35.7. The van der Waals surface area contributed by atoms with Gasteiger partial charge in [-0.3, -0.25) is 0 Å². The van der Waals surface area contributed by atoms with Crippen LogP contribution in [0.4, 0.5) is 9.59 Å². The normalized spacial score (nSPS) is 14.3. The fourth-order valence-electron chi connectivity index (χ4n) is 4.02. The molecule has 35 heavy (non-hydrogen) atoms. The smallest absolute Gasteiger partial charge is 0.407 e. The molecule has 0 heterocycles. The van der Waals surface area contributed by atoms with Crippen LogP contribution in [-0.4, -0.2) is 59.3 Å². The van der Waals surface area contributed by atoms with E-state index < -0.39 is 35.9 Å². The minimum Gasteiger partial charge on any atom is -0.480 e. The van der Waals surface area contributed by atoms with Crippen LogP contribution in [0, 0.1) is 0 Å². The van der Waals surface area contributed by atoms with Crippen molar-refractivity contribution in [3.05, 3.63) is 59.7 Å². The SMILES string of the molecule is CC(C)(C)OC(=O)NC[C@H](O)CC[C@H](NC(=O)OCC1c2ccccc2-c2ccccc21)C(=O)O. The monoisotopic (exact) mass is 484 g/mol. The Morgan fingerprint density at radius 2 is 1.51 bits per heavy atom. The van der Waals surface area contributed by atoms with Gasteiger partial charge in [-0.1, -0.05) is 48.5 Å². The molecule has 0 spiro atoms. The van der Waals surface area contributed by atoms with E-state index in [1.165, 1.54) is 0 Å². The third-order valence-corrected chi connectivity index (χ3v) is 5.60. The number of alkyl carbamates (subject to hydrolysis) is 2. The lowest BCUT2D eigenvalue weighted by molar-refractivity contribution is -0.139. The van der Waals surface area contributed by atoms with Crippen molar-refractivity contribution in [2.75, 3.05) is 13.2 Å². The highest BCUT2D eigenvalue weighted by Gasteiger charge is 2.30. The molecule has 0 bridgehead atoms. The first kappa shape index (κ1) is 26.0. The van der Waals surface area contributed by atoms with Crippen LogP contribution >= 0.6 is 0 Å². The Hall–Kier alpha value is -3.59. The summed E-state index contributed by atoms with van der Waals surface area (Å²) < 4.78 is 10.5. The van der Waals surface area contributed by atoms with Gasteiger partial charge in [0.15, 0.2) is 0 Å². The number of aliphatic hydroxyl groups excluding tert-OH is 1. The van der Waals surface area contributed by atoms with Gasteiger partial charge in [0.2, 0.25) is 0 Å². The van der Waals surface area contributed by atoms with Crippen molar-refractivity contribution in [3.8, 4) is 11.1 Å². The van der Waals surface area contributed by atoms with Crippen molar-refractivity contribution in [2.24, 2.45) is 0 Å². The van der Waals surface area contributed by atoms with Crippen LogP contribution in [0.3, 0.4) is 0 Å². The Morgan fingerprint density at radius 3 is 2.06 bits per heavy atom. The van der Waals surface area contributed by atoms with Crippen molar-refractivity contribution in [2.45, 2.75) is 57.3 Å². The molecule has 1 aliphatic rings. The number of aliphatic carboxylic acids is 1. The predicted molar refractivity (Wildman–Crippen MR) is 129 cm³/mol. The number of carboxylic acids is 1. The van der Waals surface area contributed by atoms with E-state index in [9.17, 15) is 24.6 Å². The molecule has 0 radical (unpaired) electrons. The number of ether oxygens (including phenoxy) is 2. The van der Waals surface area contributed by atoms with Crippen molar-refractivity contribution >= 4 is 18.2 Å². The molecule has 2 atom stereocenters. The standard InChI is InChI=1S/C26H32N2O7/c1-26(2,3)35-24(32)27-14-16(29)12-13-22(23(30)31)28-25(33)34-15-21-19-10-6-4-8-17(19)18-9-5-7-11-20(18)21/h4-11,16,21-22,29H,12-15H2,1-3H3,(H,27,32)(H,28,33)(H,30,31)/t16-,22+/m1/s1. The van der Waals surface area contributed by atoms with Gasteiger partial charge in [0.1, 0.15) is 18.2 Å². The topological polar surface area (TPSA) is 134 Å². The summed E-state index contributed by atoms with van der Waals surface area (Å²) in [5.41, 5.74) is 3.62. The number of carboxylic acid groups (broad SMARTS) is 1. The maximum absolute atomic E-state index is 12.4. The number of rotatable bonds is 9. The fraction of sp³-hybridized carbons (Fsp3) is 0.423. The molecule has 3 rings (SSSR count). The van der Waals surface area contributed by atoms with E-state index >= 15 is 0 Å². The van der Waals surface area contributed by atoms with E-state index in [0.29, 0.717) is 0 Å². The zero-order valence-corrected chi connectivity index (χ0v) is 20.1. The summed E-state index contributed by atoms with van der Waals surface area (Å²) in [5.74, 6) is -1.39. The first-order chi connectivity index (χ1) is 16.5. The molecule has 2 aromatic carbocycles. The van der Waals surface area contributed by atoms with Gasteiger partial charge in [-0.05, 0) is 55.9 Å². The third kappa shape index (κ3) is 7.19. The van der Waals surface area contributed by atoms with Gasteiger partial charge in [-0.2, -0.15) is 0 Å². The number of amides is 2. The third-order valence-electron chi connectivity index (χ3n) is 5.60. The van der Waals surface area contributed by atoms with E-state index in [1.54, 1.807) is 20.8 Å². The Morgan fingerprint density at radius 1 is 0.943 bits per heavy atom. The van der Waals surface area contributed by atoms with Gasteiger partial charge in [0.05, 0.1) is 6.10 Å². The second kappa shape index (κ2) is 11.2. The van der Waals surface area contributed by atoms with Gasteiger partial charge in [-0.25, -0.2) is 14.4 Å². The van der Waals surface area contributed by atoms with E-state index in [2.05, 4.69) is 10.6 Å². The number of nitrogens with one attached hydrogen (secondary N) is 2. The first-order valence-electron chi connectivity index (χ1n) is 11.5. The Bertz CT molecular complexity index is 1020. The average molecular weight is 485 g/mol. The number of aliphatic hydroxyl groups is 1. The molecule has 0 unspecified atom stereocenters. The number of benzene rings is 2. The highest BCUT2D eigenvalue weighted by molar-refractivity contribution is 5.81. The van der Waals surface area contributed by atoms with Gasteiger partial charge >= 0.3 is 18.2 Å². The predicted octanol–water partition coefficient (Wildman–Crippen LogP) is 3.64. The van der Waals surface area contributed by atoms with Crippen molar-refractivity contribution in [1.82, 2.24) is 10.6 Å². The number of carbonyl (C=O) groups is 3. The van der Waals surface area contributed by atoms with Crippen LogP contribution in [0.5, 0.6) is 0 Å². The van der Waals surface area contributed by atoms with Crippen LogP contribution in [0.25, 0.3) is 11.1 Å². The molecule has 2 aromatic rings. The molecule has 4 N–H and O–H groups in total. The maximum Gasteiger partial charge on any atom is 0.407 e. The lowest BCUT2D eigenvalue weighted by Crippen LogP contribution is -2.42. The summed E-state index contributed by atoms with van der Waals surface area (Å²) in [6.45, 7) is 5.11. The van der Waals surface area contributed by atoms with Crippen LogP contribution in [0.2, 0.25) is 0 Å². The van der Waals surface area contributed by atoms with Crippen molar-refractivity contribution in [3.63, 3.8) is 0 Å². The molecule has 0 fully saturated rings. The van der Waals surface area contributed by atoms with Crippen LogP contribution in [0.1, 0.15) is 50.7 Å². The summed E-state index contributed by atoms with van der Waals surface area (Å²) in [7, 11) is 0. The van der Waals surface area contributed by atoms with Gasteiger partial charge in [0.25, 0.3) is 0 Å². The number of hydrogen-bond acceptors (Lipinski definition) is 6. The summed E-state index contributed by atoms with van der Waals surface area (Å²) in [6, 6.07) is 14.6.